The van der Waals surface area contributed by atoms with Gasteiger partial charge in [0.05, 0.1) is 28.5 Å². The Labute approximate surface area is 351 Å². The van der Waals surface area contributed by atoms with Gasteiger partial charge in [-0.1, -0.05) is 106 Å². The molecule has 0 aliphatic heterocycles. The fourth-order valence-corrected chi connectivity index (χ4v) is 7.87. The van der Waals surface area contributed by atoms with E-state index in [1.807, 2.05) is 90.0 Å². The predicted octanol–water partition coefficient (Wildman–Crippen LogP) is 13.2. The second-order valence-corrected chi connectivity index (χ2v) is 16.4. The molecule has 7 nitrogen and oxygen atoms in total. The van der Waals surface area contributed by atoms with Crippen molar-refractivity contribution < 1.29 is 14.2 Å². The Morgan fingerprint density at radius 1 is 0.583 bits per heavy atom. The SMILES string of the molecule is Cc1c(C)c(OCc2ccccc2)c(-c2cnn(-c3cccc(Oc4ccc5c6ccccc6n(-c6cc(C(C)(C)C)ccn6)c5c4)c3)c2)c(OCc2ccccc2)c1C. The smallest absolute Gasteiger partial charge is 0.137 e. The molecule has 0 saturated carbocycles. The van der Waals surface area contributed by atoms with Crippen molar-refractivity contribution in [2.75, 3.05) is 0 Å². The van der Waals surface area contributed by atoms with Gasteiger partial charge in [-0.3, -0.25) is 4.57 Å². The quantitative estimate of drug-likeness (QED) is 0.131. The molecule has 0 saturated heterocycles. The topological polar surface area (TPSA) is 63.3 Å². The Morgan fingerprint density at radius 3 is 1.90 bits per heavy atom. The van der Waals surface area contributed by atoms with Crippen molar-refractivity contribution in [1.82, 2.24) is 19.3 Å². The molecule has 3 heterocycles. The van der Waals surface area contributed by atoms with Crippen molar-refractivity contribution in [3.63, 3.8) is 0 Å². The third kappa shape index (κ3) is 7.50. The molecular formula is C53H48N4O3. The summed E-state index contributed by atoms with van der Waals surface area (Å²) in [6.45, 7) is 13.9. The minimum Gasteiger partial charge on any atom is -0.488 e. The highest BCUT2D eigenvalue weighted by atomic mass is 16.5. The number of rotatable bonds is 11. The maximum Gasteiger partial charge on any atom is 0.137 e. The molecule has 0 amide bonds. The third-order valence-electron chi connectivity index (χ3n) is 11.4. The van der Waals surface area contributed by atoms with Crippen molar-refractivity contribution >= 4 is 21.8 Å². The van der Waals surface area contributed by atoms with Gasteiger partial charge in [0.2, 0.25) is 0 Å². The Hall–Kier alpha value is -7.12. The van der Waals surface area contributed by atoms with Crippen LogP contribution in [-0.4, -0.2) is 19.3 Å². The van der Waals surface area contributed by atoms with Gasteiger partial charge < -0.3 is 14.2 Å². The molecule has 9 rings (SSSR count). The molecule has 0 aliphatic rings. The van der Waals surface area contributed by atoms with Gasteiger partial charge in [0.1, 0.15) is 42.0 Å². The Morgan fingerprint density at radius 2 is 1.22 bits per heavy atom. The van der Waals surface area contributed by atoms with Gasteiger partial charge in [-0.05, 0) is 102 Å². The Bertz CT molecular complexity index is 2910. The number of benzene rings is 6. The first-order valence-corrected chi connectivity index (χ1v) is 20.4. The summed E-state index contributed by atoms with van der Waals surface area (Å²) in [7, 11) is 0. The number of hydrogen-bond acceptors (Lipinski definition) is 5. The van der Waals surface area contributed by atoms with Crippen LogP contribution in [0.3, 0.4) is 0 Å². The van der Waals surface area contributed by atoms with Gasteiger partial charge in [0.25, 0.3) is 0 Å². The molecule has 9 aromatic rings. The molecule has 0 fully saturated rings. The van der Waals surface area contributed by atoms with Crippen LogP contribution in [0.25, 0.3) is 44.4 Å². The first-order chi connectivity index (χ1) is 29.1. The molecule has 0 spiro atoms. The summed E-state index contributed by atoms with van der Waals surface area (Å²) >= 11 is 0. The first kappa shape index (κ1) is 38.4. The lowest BCUT2D eigenvalue weighted by Crippen LogP contribution is -2.12. The standard InChI is InChI=1S/C53H48N4O3/c1-35-36(2)51(58-33-38-16-9-7-10-17-38)50(52(37(35)3)59-34-39-18-11-8-12-19-39)40-31-55-56(32-40)42-20-15-21-43(29-42)60-44-24-25-46-45-22-13-14-23-47(45)57(48(46)30-44)49-28-41(26-27-54-49)53(4,5)6/h7-32H,33-34H2,1-6H3. The van der Waals surface area contributed by atoms with Crippen LogP contribution >= 0.6 is 0 Å². The van der Waals surface area contributed by atoms with Crippen LogP contribution in [0, 0.1) is 20.8 Å². The van der Waals surface area contributed by atoms with E-state index in [-0.39, 0.29) is 5.41 Å². The lowest BCUT2D eigenvalue weighted by molar-refractivity contribution is 0.289. The van der Waals surface area contributed by atoms with E-state index in [9.17, 15) is 0 Å². The molecule has 0 atom stereocenters. The van der Waals surface area contributed by atoms with Crippen LogP contribution in [-0.2, 0) is 18.6 Å². The normalized spacial score (nSPS) is 11.6. The third-order valence-corrected chi connectivity index (χ3v) is 11.4. The zero-order chi connectivity index (χ0) is 41.4. The number of nitrogens with zero attached hydrogens (tertiary/aromatic N) is 4. The van der Waals surface area contributed by atoms with Crippen molar-refractivity contribution in [3.8, 4) is 45.6 Å². The summed E-state index contributed by atoms with van der Waals surface area (Å²) in [5.74, 6) is 3.87. The van der Waals surface area contributed by atoms with E-state index in [1.165, 1.54) is 10.9 Å². The average Bonchev–Trinajstić information content (AvgIpc) is 3.89. The van der Waals surface area contributed by atoms with E-state index in [0.717, 1.165) is 84.1 Å². The van der Waals surface area contributed by atoms with Crippen LogP contribution < -0.4 is 14.2 Å². The summed E-state index contributed by atoms with van der Waals surface area (Å²) in [4.78, 5) is 4.85. The molecule has 6 aromatic carbocycles. The molecule has 7 heteroatoms. The van der Waals surface area contributed by atoms with E-state index in [2.05, 4.69) is 119 Å². The summed E-state index contributed by atoms with van der Waals surface area (Å²) in [6.07, 6.45) is 5.83. The fraction of sp³-hybridized carbons (Fsp3) is 0.170. The highest BCUT2D eigenvalue weighted by Gasteiger charge is 2.24. The number of aromatic nitrogens is 4. The molecule has 0 radical (unpaired) electrons. The minimum absolute atomic E-state index is 0.0139. The molecule has 60 heavy (non-hydrogen) atoms. The maximum atomic E-state index is 6.70. The van der Waals surface area contributed by atoms with Gasteiger partial charge in [-0.25, -0.2) is 9.67 Å². The lowest BCUT2D eigenvalue weighted by Gasteiger charge is -2.22. The Balaban J connectivity index is 1.07. The lowest BCUT2D eigenvalue weighted by atomic mass is 9.88. The second-order valence-electron chi connectivity index (χ2n) is 16.4. The van der Waals surface area contributed by atoms with Crippen molar-refractivity contribution in [3.05, 3.63) is 191 Å². The molecule has 298 valence electrons. The van der Waals surface area contributed by atoms with Gasteiger partial charge >= 0.3 is 0 Å². The summed E-state index contributed by atoms with van der Waals surface area (Å²) in [6, 6.07) is 47.5. The monoisotopic (exact) mass is 788 g/mol. The van der Waals surface area contributed by atoms with E-state index in [4.69, 9.17) is 24.3 Å². The van der Waals surface area contributed by atoms with Gasteiger partial charge in [0.15, 0.2) is 0 Å². The van der Waals surface area contributed by atoms with Gasteiger partial charge in [-0.2, -0.15) is 5.10 Å². The Kier molecular flexibility index (Phi) is 10.2. The number of hydrogen-bond donors (Lipinski definition) is 0. The average molecular weight is 789 g/mol. The summed E-state index contributed by atoms with van der Waals surface area (Å²) < 4.78 is 24.1. The van der Waals surface area contributed by atoms with Crippen molar-refractivity contribution in [1.29, 1.82) is 0 Å². The second kappa shape index (κ2) is 15.9. The zero-order valence-corrected chi connectivity index (χ0v) is 34.9. The largest absolute Gasteiger partial charge is 0.488 e. The van der Waals surface area contributed by atoms with Crippen LogP contribution in [0.15, 0.2) is 158 Å². The predicted molar refractivity (Wildman–Crippen MR) is 242 cm³/mol. The summed E-state index contributed by atoms with van der Waals surface area (Å²) in [5.41, 5.74) is 11.4. The van der Waals surface area contributed by atoms with Crippen LogP contribution in [0.4, 0.5) is 0 Å². The molecular weight excluding hydrogens is 741 g/mol. The highest BCUT2D eigenvalue weighted by molar-refractivity contribution is 6.09. The van der Waals surface area contributed by atoms with E-state index in [0.29, 0.717) is 19.0 Å². The van der Waals surface area contributed by atoms with Crippen molar-refractivity contribution in [2.24, 2.45) is 0 Å². The highest BCUT2D eigenvalue weighted by Crippen LogP contribution is 2.46. The van der Waals surface area contributed by atoms with Crippen molar-refractivity contribution in [2.45, 2.75) is 60.2 Å². The van der Waals surface area contributed by atoms with Gasteiger partial charge in [0, 0.05) is 40.9 Å². The molecule has 0 N–H and O–H groups in total. The number of para-hydroxylation sites is 1. The van der Waals surface area contributed by atoms with E-state index in [1.54, 1.807) is 0 Å². The molecule has 0 unspecified atom stereocenters. The number of fused-ring (bicyclic) bond motifs is 3. The molecule has 0 bridgehead atoms. The fourth-order valence-electron chi connectivity index (χ4n) is 7.87. The molecule has 0 aliphatic carbocycles. The number of pyridine rings is 1. The van der Waals surface area contributed by atoms with Crippen LogP contribution in [0.1, 0.15) is 54.2 Å². The van der Waals surface area contributed by atoms with E-state index >= 15 is 0 Å². The zero-order valence-electron chi connectivity index (χ0n) is 34.9. The van der Waals surface area contributed by atoms with Crippen LogP contribution in [0.5, 0.6) is 23.0 Å². The molecule has 3 aromatic heterocycles. The van der Waals surface area contributed by atoms with Crippen LogP contribution in [0.2, 0.25) is 0 Å². The minimum atomic E-state index is -0.0139. The van der Waals surface area contributed by atoms with Gasteiger partial charge in [-0.15, -0.1) is 0 Å². The van der Waals surface area contributed by atoms with E-state index < -0.39 is 0 Å². The summed E-state index contributed by atoms with van der Waals surface area (Å²) in [5, 5.41) is 7.19. The number of ether oxygens (including phenoxy) is 3. The first-order valence-electron chi connectivity index (χ1n) is 20.4. The maximum absolute atomic E-state index is 6.70.